The third-order valence-electron chi connectivity index (χ3n) is 2.06. The fourth-order valence-electron chi connectivity index (χ4n) is 1.25. The molecule has 0 aromatic heterocycles. The van der Waals surface area contributed by atoms with Crippen LogP contribution in [0.1, 0.15) is 33.1 Å². The first-order chi connectivity index (χ1) is 6.09. The molecule has 0 aromatic rings. The van der Waals surface area contributed by atoms with Crippen molar-refractivity contribution in [1.29, 1.82) is 0 Å². The minimum atomic E-state index is 0.370. The Bertz CT molecular complexity index is 278. The first-order valence-corrected chi connectivity index (χ1v) is 4.53. The Balaban J connectivity index is 2.72. The van der Waals surface area contributed by atoms with Crippen LogP contribution in [0.25, 0.3) is 0 Å². The molecule has 0 amide bonds. The lowest BCUT2D eigenvalue weighted by molar-refractivity contribution is 0.337. The van der Waals surface area contributed by atoms with Crippen LogP contribution >= 0.6 is 0 Å². The lowest BCUT2D eigenvalue weighted by Crippen LogP contribution is -1.98. The molecule has 1 aliphatic carbocycles. The molecule has 0 spiro atoms. The van der Waals surface area contributed by atoms with E-state index in [9.17, 15) is 10.2 Å². The minimum Gasteiger partial charge on any atom is -0.512 e. The van der Waals surface area contributed by atoms with E-state index in [4.69, 9.17) is 0 Å². The van der Waals surface area contributed by atoms with Crippen molar-refractivity contribution in [3.8, 4) is 0 Å². The van der Waals surface area contributed by atoms with E-state index in [1.54, 1.807) is 6.08 Å². The predicted molar refractivity (Wildman–Crippen MR) is 53.6 cm³/mol. The van der Waals surface area contributed by atoms with Gasteiger partial charge in [-0.15, -0.1) is 0 Å². The van der Waals surface area contributed by atoms with Crippen molar-refractivity contribution in [1.82, 2.24) is 0 Å². The van der Waals surface area contributed by atoms with Gasteiger partial charge in [0, 0.05) is 12.8 Å². The van der Waals surface area contributed by atoms with E-state index in [-0.39, 0.29) is 0 Å². The molecule has 0 aliphatic heterocycles. The molecule has 72 valence electrons. The first kappa shape index (κ1) is 9.90. The van der Waals surface area contributed by atoms with Crippen molar-refractivity contribution in [2.75, 3.05) is 0 Å². The summed E-state index contributed by atoms with van der Waals surface area (Å²) in [4.78, 5) is 0. The van der Waals surface area contributed by atoms with E-state index in [2.05, 4.69) is 0 Å². The average Bonchev–Trinajstić information content (AvgIpc) is 2.06. The maximum atomic E-state index is 9.49. The number of rotatable bonds is 2. The van der Waals surface area contributed by atoms with E-state index in [0.717, 1.165) is 5.57 Å². The van der Waals surface area contributed by atoms with Crippen LogP contribution in [0.3, 0.4) is 0 Å². The molecule has 0 atom stereocenters. The van der Waals surface area contributed by atoms with E-state index < -0.39 is 0 Å². The Morgan fingerprint density at radius 3 is 2.69 bits per heavy atom. The van der Waals surface area contributed by atoms with Crippen molar-refractivity contribution >= 4 is 0 Å². The second-order valence-electron chi connectivity index (χ2n) is 3.59. The van der Waals surface area contributed by atoms with E-state index in [0.29, 0.717) is 30.8 Å². The van der Waals surface area contributed by atoms with Gasteiger partial charge in [0.2, 0.25) is 0 Å². The van der Waals surface area contributed by atoms with Crippen LogP contribution in [-0.2, 0) is 0 Å². The minimum absolute atomic E-state index is 0.370. The molecule has 2 nitrogen and oxygen atoms in total. The Morgan fingerprint density at radius 1 is 1.38 bits per heavy atom. The maximum Gasteiger partial charge on any atom is 0.0963 e. The summed E-state index contributed by atoms with van der Waals surface area (Å²) in [5, 5.41) is 18.8. The summed E-state index contributed by atoms with van der Waals surface area (Å²) >= 11 is 0. The highest BCUT2D eigenvalue weighted by atomic mass is 16.3. The lowest BCUT2D eigenvalue weighted by atomic mass is 10.0. The molecule has 2 heteroatoms. The number of aliphatic hydroxyl groups excluding tert-OH is 2. The van der Waals surface area contributed by atoms with Gasteiger partial charge in [0.15, 0.2) is 0 Å². The average molecular weight is 180 g/mol. The molecule has 0 radical (unpaired) electrons. The third kappa shape index (κ3) is 2.98. The van der Waals surface area contributed by atoms with E-state index in [1.807, 2.05) is 19.9 Å². The molecule has 0 bridgehead atoms. The van der Waals surface area contributed by atoms with Crippen LogP contribution in [0.2, 0.25) is 0 Å². The Hall–Kier alpha value is -1.18. The van der Waals surface area contributed by atoms with E-state index in [1.165, 1.54) is 5.57 Å². The number of aliphatic hydroxyl groups is 2. The van der Waals surface area contributed by atoms with E-state index >= 15 is 0 Å². The molecule has 13 heavy (non-hydrogen) atoms. The van der Waals surface area contributed by atoms with Gasteiger partial charge in [-0.1, -0.05) is 11.6 Å². The second kappa shape index (κ2) is 4.17. The summed E-state index contributed by atoms with van der Waals surface area (Å²) in [5.74, 6) is 0.783. The highest BCUT2D eigenvalue weighted by Gasteiger charge is 2.10. The number of allylic oxidation sites excluding steroid dienone is 6. The predicted octanol–water partition coefficient (Wildman–Crippen LogP) is 3.39. The first-order valence-electron chi connectivity index (χ1n) is 4.53. The van der Waals surface area contributed by atoms with Crippen molar-refractivity contribution < 1.29 is 10.2 Å². The van der Waals surface area contributed by atoms with Gasteiger partial charge in [0.1, 0.15) is 0 Å². The monoisotopic (exact) mass is 180 g/mol. The summed E-state index contributed by atoms with van der Waals surface area (Å²) in [5.41, 5.74) is 2.06. The molecule has 1 aliphatic rings. The molecule has 0 aromatic carbocycles. The smallest absolute Gasteiger partial charge is 0.0963 e. The summed E-state index contributed by atoms with van der Waals surface area (Å²) in [6.07, 6.45) is 5.54. The topological polar surface area (TPSA) is 40.5 Å². The number of hydrogen-bond donors (Lipinski definition) is 2. The van der Waals surface area contributed by atoms with Crippen LogP contribution in [0, 0.1) is 0 Å². The highest BCUT2D eigenvalue weighted by molar-refractivity contribution is 5.30. The van der Waals surface area contributed by atoms with Crippen LogP contribution in [0.5, 0.6) is 0 Å². The highest BCUT2D eigenvalue weighted by Crippen LogP contribution is 2.23. The maximum absolute atomic E-state index is 9.49. The normalized spacial score (nSPS) is 16.9. The van der Waals surface area contributed by atoms with Gasteiger partial charge < -0.3 is 10.2 Å². The molecule has 0 unspecified atom stereocenters. The molecule has 0 fully saturated rings. The van der Waals surface area contributed by atoms with Gasteiger partial charge >= 0.3 is 0 Å². The summed E-state index contributed by atoms with van der Waals surface area (Å²) in [6, 6.07) is 0. The van der Waals surface area contributed by atoms with Crippen molar-refractivity contribution in [2.45, 2.75) is 33.1 Å². The van der Waals surface area contributed by atoms with Crippen LogP contribution < -0.4 is 0 Å². The molecule has 0 saturated heterocycles. The van der Waals surface area contributed by atoms with Crippen molar-refractivity contribution in [3.63, 3.8) is 0 Å². The molecular formula is C11H16O2. The van der Waals surface area contributed by atoms with Gasteiger partial charge in [-0.05, 0) is 31.9 Å². The molecule has 2 N–H and O–H groups in total. The van der Waals surface area contributed by atoms with Crippen molar-refractivity contribution in [3.05, 3.63) is 34.8 Å². The largest absolute Gasteiger partial charge is 0.512 e. The summed E-state index contributed by atoms with van der Waals surface area (Å²) < 4.78 is 0. The fraction of sp³-hybridized carbons (Fsp3) is 0.455. The molecular weight excluding hydrogens is 164 g/mol. The summed E-state index contributed by atoms with van der Waals surface area (Å²) in [7, 11) is 0. The molecule has 1 rings (SSSR count). The lowest BCUT2D eigenvalue weighted by Gasteiger charge is -2.11. The second-order valence-corrected chi connectivity index (χ2v) is 3.59. The van der Waals surface area contributed by atoms with Crippen LogP contribution in [-0.4, -0.2) is 10.2 Å². The fourth-order valence-corrected chi connectivity index (χ4v) is 1.25. The van der Waals surface area contributed by atoms with Gasteiger partial charge in [-0.2, -0.15) is 0 Å². The van der Waals surface area contributed by atoms with Gasteiger partial charge in [0.05, 0.1) is 11.5 Å². The zero-order valence-electron chi connectivity index (χ0n) is 8.17. The van der Waals surface area contributed by atoms with Gasteiger partial charge in [-0.25, -0.2) is 0 Å². The molecule has 0 heterocycles. The zero-order chi connectivity index (χ0) is 9.84. The summed E-state index contributed by atoms with van der Waals surface area (Å²) in [6.45, 7) is 4.04. The Kier molecular flexibility index (Phi) is 3.18. The van der Waals surface area contributed by atoms with Crippen LogP contribution in [0.4, 0.5) is 0 Å². The quantitative estimate of drug-likeness (QED) is 0.639. The zero-order valence-corrected chi connectivity index (χ0v) is 8.17. The molecule has 0 saturated carbocycles. The van der Waals surface area contributed by atoms with Crippen molar-refractivity contribution in [2.24, 2.45) is 0 Å². The standard InChI is InChI=1S/C11H16O2/c1-8(2)3-4-9-7-10(12)5-6-11(9)13/h3,7,12-13H,4-6H2,1-2H3. The number of hydrogen-bond acceptors (Lipinski definition) is 2. The Labute approximate surface area is 78.9 Å². The third-order valence-corrected chi connectivity index (χ3v) is 2.06. The Morgan fingerprint density at radius 2 is 2.08 bits per heavy atom. The SMILES string of the molecule is CC(C)=CCC1=C(O)CCC(O)=C1. The van der Waals surface area contributed by atoms with Gasteiger partial charge in [-0.3, -0.25) is 0 Å². The van der Waals surface area contributed by atoms with Gasteiger partial charge in [0.25, 0.3) is 0 Å². The van der Waals surface area contributed by atoms with Crippen LogP contribution in [0.15, 0.2) is 34.8 Å².